The highest BCUT2D eigenvalue weighted by Gasteiger charge is 2.38. The zero-order valence-corrected chi connectivity index (χ0v) is 14.4. The Hall–Kier alpha value is -1.97. The lowest BCUT2D eigenvalue weighted by Gasteiger charge is -2.39. The monoisotopic (exact) mass is 329 g/mol. The van der Waals surface area contributed by atoms with E-state index in [2.05, 4.69) is 18.7 Å². The Morgan fingerprint density at radius 3 is 2.42 bits per heavy atom. The van der Waals surface area contributed by atoms with E-state index in [4.69, 9.17) is 0 Å². The van der Waals surface area contributed by atoms with Gasteiger partial charge in [-0.05, 0) is 43.2 Å². The van der Waals surface area contributed by atoms with E-state index in [1.54, 1.807) is 12.1 Å². The van der Waals surface area contributed by atoms with Gasteiger partial charge in [-0.15, -0.1) is 0 Å². The summed E-state index contributed by atoms with van der Waals surface area (Å²) < 4.78 is 14.1. The summed E-state index contributed by atoms with van der Waals surface area (Å²) in [6.45, 7) is 5.85. The van der Waals surface area contributed by atoms with E-state index in [-0.39, 0.29) is 22.3 Å². The van der Waals surface area contributed by atoms with Crippen molar-refractivity contribution in [2.75, 3.05) is 13.1 Å². The molecule has 0 spiro atoms. The maximum Gasteiger partial charge on any atom is 0.201 e. The molecule has 1 aliphatic heterocycles. The van der Waals surface area contributed by atoms with Crippen LogP contribution >= 0.6 is 0 Å². The molecule has 1 heterocycles. The highest BCUT2D eigenvalue weighted by Crippen LogP contribution is 2.40. The number of nitrogens with zero attached hydrogens (tertiary/aromatic N) is 1. The Bertz CT molecular complexity index is 699. The Balaban J connectivity index is 2.07. The van der Waals surface area contributed by atoms with Crippen LogP contribution < -0.4 is 0 Å². The van der Waals surface area contributed by atoms with Gasteiger partial charge in [-0.25, -0.2) is 4.39 Å². The average Bonchev–Trinajstić information content (AvgIpc) is 2.54. The molecule has 0 N–H and O–H groups in total. The summed E-state index contributed by atoms with van der Waals surface area (Å²) in [6, 6.07) is 5.92. The minimum absolute atomic E-state index is 0.00457. The predicted octanol–water partition coefficient (Wildman–Crippen LogP) is 4.14. The van der Waals surface area contributed by atoms with Gasteiger partial charge in [-0.2, -0.15) is 0 Å². The molecule has 0 aromatic heterocycles. The van der Waals surface area contributed by atoms with Crippen molar-refractivity contribution in [1.82, 2.24) is 4.90 Å². The summed E-state index contributed by atoms with van der Waals surface area (Å²) in [4.78, 5) is 27.9. The second-order valence-corrected chi connectivity index (χ2v) is 7.62. The normalized spacial score (nSPS) is 21.1. The molecule has 24 heavy (non-hydrogen) atoms. The second kappa shape index (κ2) is 6.50. The lowest BCUT2D eigenvalue weighted by Crippen LogP contribution is -2.38. The van der Waals surface area contributed by atoms with E-state index in [9.17, 15) is 14.0 Å². The van der Waals surface area contributed by atoms with Crippen molar-refractivity contribution >= 4 is 11.6 Å². The van der Waals surface area contributed by atoms with Gasteiger partial charge in [0.2, 0.25) is 5.78 Å². The molecule has 1 saturated heterocycles. The number of piperidine rings is 1. The number of rotatable bonds is 3. The number of allylic oxidation sites excluding steroid dienone is 2. The zero-order chi connectivity index (χ0) is 17.3. The smallest absolute Gasteiger partial charge is 0.201 e. The maximum absolute atomic E-state index is 14.1. The van der Waals surface area contributed by atoms with Gasteiger partial charge in [0.1, 0.15) is 5.82 Å². The minimum Gasteiger partial charge on any atom is -0.374 e. The van der Waals surface area contributed by atoms with Crippen LogP contribution in [0.3, 0.4) is 0 Å². The summed E-state index contributed by atoms with van der Waals surface area (Å²) in [6.07, 6.45) is 4.34. The van der Waals surface area contributed by atoms with Crippen molar-refractivity contribution < 1.29 is 14.0 Å². The number of benzene rings is 1. The molecular formula is C20H24FNO2. The molecule has 0 amide bonds. The van der Waals surface area contributed by atoms with Gasteiger partial charge in [0.25, 0.3) is 0 Å². The van der Waals surface area contributed by atoms with Crippen molar-refractivity contribution in [1.29, 1.82) is 0 Å². The predicted molar refractivity (Wildman–Crippen MR) is 91.2 cm³/mol. The van der Waals surface area contributed by atoms with Crippen LogP contribution in [0.4, 0.5) is 4.39 Å². The molecule has 0 unspecified atom stereocenters. The Morgan fingerprint density at radius 1 is 1.08 bits per heavy atom. The van der Waals surface area contributed by atoms with Crippen molar-refractivity contribution in [3.8, 4) is 0 Å². The van der Waals surface area contributed by atoms with Gasteiger partial charge in [0.05, 0.1) is 11.1 Å². The molecule has 0 bridgehead atoms. The van der Waals surface area contributed by atoms with Crippen LogP contribution in [0.15, 0.2) is 35.5 Å². The van der Waals surface area contributed by atoms with E-state index >= 15 is 0 Å². The first-order valence-corrected chi connectivity index (χ1v) is 8.69. The van der Waals surface area contributed by atoms with Gasteiger partial charge in [0, 0.05) is 25.2 Å². The molecular weight excluding hydrogens is 305 g/mol. The van der Waals surface area contributed by atoms with Crippen LogP contribution in [0.1, 0.15) is 56.3 Å². The number of carbonyl (C=O) groups is 2. The summed E-state index contributed by atoms with van der Waals surface area (Å²) >= 11 is 0. The van der Waals surface area contributed by atoms with Crippen molar-refractivity contribution in [2.24, 2.45) is 5.41 Å². The average molecular weight is 329 g/mol. The highest BCUT2D eigenvalue weighted by molar-refractivity contribution is 6.27. The van der Waals surface area contributed by atoms with Crippen LogP contribution in [0, 0.1) is 11.2 Å². The van der Waals surface area contributed by atoms with Crippen molar-refractivity contribution in [2.45, 2.75) is 46.0 Å². The molecule has 1 aliphatic carbocycles. The first-order valence-electron chi connectivity index (χ1n) is 8.69. The first-order chi connectivity index (χ1) is 11.4. The fourth-order valence-electron chi connectivity index (χ4n) is 3.76. The second-order valence-electron chi connectivity index (χ2n) is 7.62. The van der Waals surface area contributed by atoms with Crippen LogP contribution in [0.5, 0.6) is 0 Å². The van der Waals surface area contributed by atoms with E-state index < -0.39 is 11.6 Å². The molecule has 3 nitrogen and oxygen atoms in total. The molecule has 0 saturated carbocycles. The third kappa shape index (κ3) is 3.28. The van der Waals surface area contributed by atoms with Crippen LogP contribution in [0.25, 0.3) is 0 Å². The van der Waals surface area contributed by atoms with E-state index in [0.29, 0.717) is 12.8 Å². The molecule has 2 aliphatic rings. The fraction of sp³-hybridized carbons (Fsp3) is 0.500. The minimum atomic E-state index is -0.564. The number of carbonyl (C=O) groups excluding carboxylic acids is 2. The van der Waals surface area contributed by atoms with Crippen molar-refractivity contribution in [3.05, 3.63) is 46.9 Å². The van der Waals surface area contributed by atoms with Crippen LogP contribution in [0.2, 0.25) is 0 Å². The fourth-order valence-corrected chi connectivity index (χ4v) is 3.76. The van der Waals surface area contributed by atoms with Crippen LogP contribution in [-0.4, -0.2) is 29.6 Å². The largest absolute Gasteiger partial charge is 0.374 e. The first kappa shape index (κ1) is 16.9. The third-order valence-electron chi connectivity index (χ3n) is 4.94. The molecule has 3 rings (SSSR count). The number of hydrogen-bond acceptors (Lipinski definition) is 3. The molecule has 0 atom stereocenters. The Morgan fingerprint density at radius 2 is 1.75 bits per heavy atom. The molecule has 0 radical (unpaired) electrons. The standard InChI is InChI=1S/C20H24FNO2/c1-20(2)12-16(22-10-6-3-7-11-22)18(17(23)13-20)19(24)14-8-4-5-9-15(14)21/h4-5,8-9H,3,6-7,10-13H2,1-2H3. The van der Waals surface area contributed by atoms with E-state index in [0.717, 1.165) is 31.6 Å². The van der Waals surface area contributed by atoms with Gasteiger partial charge in [-0.3, -0.25) is 9.59 Å². The topological polar surface area (TPSA) is 37.4 Å². The lowest BCUT2D eigenvalue weighted by molar-refractivity contribution is -0.118. The Kier molecular flexibility index (Phi) is 4.57. The molecule has 1 fully saturated rings. The summed E-state index contributed by atoms with van der Waals surface area (Å²) in [5.74, 6) is -1.18. The van der Waals surface area contributed by atoms with E-state index in [1.807, 2.05) is 0 Å². The number of hydrogen-bond donors (Lipinski definition) is 0. The number of halogens is 1. The molecule has 128 valence electrons. The van der Waals surface area contributed by atoms with Gasteiger partial charge < -0.3 is 4.90 Å². The maximum atomic E-state index is 14.1. The highest BCUT2D eigenvalue weighted by atomic mass is 19.1. The summed E-state index contributed by atoms with van der Waals surface area (Å²) in [7, 11) is 0. The van der Waals surface area contributed by atoms with Gasteiger partial charge in [0.15, 0.2) is 5.78 Å². The lowest BCUT2D eigenvalue weighted by atomic mass is 9.73. The summed E-state index contributed by atoms with van der Waals surface area (Å²) in [5, 5.41) is 0. The number of ketones is 2. The molecule has 4 heteroatoms. The number of Topliss-reactive ketones (excluding diaryl/α,β-unsaturated/α-hetero) is 2. The van der Waals surface area contributed by atoms with Gasteiger partial charge >= 0.3 is 0 Å². The molecule has 1 aromatic carbocycles. The third-order valence-corrected chi connectivity index (χ3v) is 4.94. The summed E-state index contributed by atoms with van der Waals surface area (Å²) in [5.41, 5.74) is 0.865. The van der Waals surface area contributed by atoms with E-state index in [1.165, 1.54) is 18.6 Å². The van der Waals surface area contributed by atoms with Crippen molar-refractivity contribution in [3.63, 3.8) is 0 Å². The van der Waals surface area contributed by atoms with Crippen LogP contribution in [-0.2, 0) is 4.79 Å². The quantitative estimate of drug-likeness (QED) is 0.618. The Labute approximate surface area is 142 Å². The molecule has 1 aromatic rings. The SMILES string of the molecule is CC1(C)CC(=O)C(C(=O)c2ccccc2F)=C(N2CCCCC2)C1. The number of likely N-dealkylation sites (tertiary alicyclic amines) is 1. The van der Waals surface area contributed by atoms with Gasteiger partial charge in [-0.1, -0.05) is 26.0 Å². The zero-order valence-electron chi connectivity index (χ0n) is 14.4.